The van der Waals surface area contributed by atoms with E-state index in [0.717, 1.165) is 81.5 Å². The van der Waals surface area contributed by atoms with Gasteiger partial charge in [-0.05, 0) is 95.8 Å². The average Bonchev–Trinajstić information content (AvgIpc) is 3.45. The number of fused-ring (bicyclic) bond motifs is 1. The quantitative estimate of drug-likeness (QED) is 0.280. The van der Waals surface area contributed by atoms with Crippen LogP contribution < -0.4 is 15.0 Å². The Kier molecular flexibility index (Phi) is 9.10. The molecule has 2 N–H and O–H groups in total. The summed E-state index contributed by atoms with van der Waals surface area (Å²) in [6.45, 7) is 10.5. The van der Waals surface area contributed by atoms with Crippen LogP contribution in [-0.2, 0) is 0 Å². The molecule has 0 unspecified atom stereocenters. The third kappa shape index (κ3) is 6.76. The summed E-state index contributed by atoms with van der Waals surface area (Å²) in [7, 11) is 3.82. The molecule has 5 heterocycles. The second-order valence-corrected chi connectivity index (χ2v) is 14.2. The molecule has 4 aromatic rings. The van der Waals surface area contributed by atoms with Gasteiger partial charge in [-0.15, -0.1) is 0 Å². The van der Waals surface area contributed by atoms with Crippen molar-refractivity contribution in [3.63, 3.8) is 0 Å². The first kappa shape index (κ1) is 32.5. The molecule has 0 radical (unpaired) electrons. The normalized spacial score (nSPS) is 23.0. The van der Waals surface area contributed by atoms with Gasteiger partial charge in [0.15, 0.2) is 0 Å². The molecule has 7 rings (SSSR count). The second-order valence-electron chi connectivity index (χ2n) is 14.2. The van der Waals surface area contributed by atoms with Gasteiger partial charge in [-0.1, -0.05) is 0 Å². The molecule has 1 aromatic carbocycles. The van der Waals surface area contributed by atoms with Crippen molar-refractivity contribution in [2.45, 2.75) is 70.1 Å². The van der Waals surface area contributed by atoms with Gasteiger partial charge in [0.1, 0.15) is 5.75 Å². The van der Waals surface area contributed by atoms with E-state index in [1.165, 1.54) is 5.69 Å². The number of likely N-dealkylation sites (N-methyl/N-ethyl adjacent to an activating group) is 1. The van der Waals surface area contributed by atoms with Crippen LogP contribution in [0.25, 0.3) is 22.3 Å². The van der Waals surface area contributed by atoms with Crippen molar-refractivity contribution in [3.8, 4) is 17.0 Å². The number of methoxy groups -OCH3 is 1. The summed E-state index contributed by atoms with van der Waals surface area (Å²) in [5.74, 6) is 0.918. The number of aliphatic hydroxyl groups is 1. The summed E-state index contributed by atoms with van der Waals surface area (Å²) < 4.78 is 7.75. The van der Waals surface area contributed by atoms with E-state index in [-0.39, 0.29) is 11.9 Å². The minimum absolute atomic E-state index is 0.109. The first-order valence-corrected chi connectivity index (χ1v) is 17.4. The standard InChI is InChI=1S/C37H48N8O3/c1-25-21-26(22-32(39-25)30-24-38-14-9-34(30)48-4)35(46)41-36-40-31-6-5-29(23-33(31)45(36)28-7-12-37(2,47)13-8-28)43-15-10-27(11-16-43)44-19-17-42(3)18-20-44/h5-6,9,14,21-24,27-28,47H,7-8,10-13,15-20H2,1-4H3,(H,40,41,46). The summed E-state index contributed by atoms with van der Waals surface area (Å²) in [5, 5.41) is 13.9. The number of pyridine rings is 2. The van der Waals surface area contributed by atoms with Crippen LogP contribution in [-0.4, -0.2) is 105 Å². The first-order valence-electron chi connectivity index (χ1n) is 17.4. The van der Waals surface area contributed by atoms with Crippen molar-refractivity contribution in [1.29, 1.82) is 0 Å². The van der Waals surface area contributed by atoms with Gasteiger partial charge >= 0.3 is 0 Å². The van der Waals surface area contributed by atoms with Crippen molar-refractivity contribution in [1.82, 2.24) is 29.3 Å². The lowest BCUT2D eigenvalue weighted by molar-refractivity contribution is 0.0106. The number of rotatable bonds is 7. The Hall–Kier alpha value is -4.06. The van der Waals surface area contributed by atoms with Crippen LogP contribution in [0.2, 0.25) is 0 Å². The zero-order chi connectivity index (χ0) is 33.4. The van der Waals surface area contributed by atoms with Gasteiger partial charge in [-0.25, -0.2) is 4.98 Å². The molecule has 3 aromatic heterocycles. The van der Waals surface area contributed by atoms with Gasteiger partial charge < -0.3 is 24.2 Å². The first-order chi connectivity index (χ1) is 23.2. The number of piperazine rings is 1. The zero-order valence-electron chi connectivity index (χ0n) is 28.7. The molecule has 0 spiro atoms. The number of carbonyl (C=O) groups excluding carboxylic acids is 1. The Morgan fingerprint density at radius 2 is 1.71 bits per heavy atom. The number of benzene rings is 1. The molecule has 0 bridgehead atoms. The highest BCUT2D eigenvalue weighted by Crippen LogP contribution is 2.39. The number of amides is 1. The Labute approximate surface area is 282 Å². The highest BCUT2D eigenvalue weighted by Gasteiger charge is 2.33. The lowest BCUT2D eigenvalue weighted by Gasteiger charge is -2.42. The van der Waals surface area contributed by atoms with Gasteiger partial charge in [-0.2, -0.15) is 0 Å². The summed E-state index contributed by atoms with van der Waals surface area (Å²) in [6.07, 6.45) is 8.71. The molecule has 254 valence electrons. The van der Waals surface area contributed by atoms with E-state index in [4.69, 9.17) is 9.72 Å². The van der Waals surface area contributed by atoms with Gasteiger partial charge in [0, 0.05) is 80.7 Å². The summed E-state index contributed by atoms with van der Waals surface area (Å²) in [6, 6.07) is 12.6. The van der Waals surface area contributed by atoms with E-state index in [1.807, 2.05) is 13.8 Å². The maximum Gasteiger partial charge on any atom is 0.258 e. The van der Waals surface area contributed by atoms with Crippen molar-refractivity contribution < 1.29 is 14.6 Å². The van der Waals surface area contributed by atoms with E-state index in [9.17, 15) is 9.90 Å². The van der Waals surface area contributed by atoms with Crippen LogP contribution in [0.1, 0.15) is 67.5 Å². The molecule has 1 aliphatic carbocycles. The largest absolute Gasteiger partial charge is 0.496 e. The molecule has 11 nitrogen and oxygen atoms in total. The number of carbonyl (C=O) groups is 1. The highest BCUT2D eigenvalue weighted by molar-refractivity contribution is 6.05. The van der Waals surface area contributed by atoms with Gasteiger partial charge in [-0.3, -0.25) is 25.0 Å². The van der Waals surface area contributed by atoms with E-state index >= 15 is 0 Å². The van der Waals surface area contributed by atoms with Crippen LogP contribution in [0.5, 0.6) is 5.75 Å². The molecular formula is C37H48N8O3. The van der Waals surface area contributed by atoms with Gasteiger partial charge in [0.25, 0.3) is 5.91 Å². The maximum atomic E-state index is 13.9. The predicted molar refractivity (Wildman–Crippen MR) is 189 cm³/mol. The number of hydrogen-bond acceptors (Lipinski definition) is 9. The highest BCUT2D eigenvalue weighted by atomic mass is 16.5. The smallest absolute Gasteiger partial charge is 0.258 e. The van der Waals surface area contributed by atoms with Crippen LogP contribution in [0.4, 0.5) is 11.6 Å². The molecular weight excluding hydrogens is 604 g/mol. The number of piperidine rings is 1. The van der Waals surface area contributed by atoms with Crippen molar-refractivity contribution in [3.05, 3.63) is 60.0 Å². The lowest BCUT2D eigenvalue weighted by Crippen LogP contribution is -2.52. The van der Waals surface area contributed by atoms with Crippen molar-refractivity contribution in [2.75, 3.05) is 63.6 Å². The van der Waals surface area contributed by atoms with E-state index in [1.54, 1.807) is 37.7 Å². The minimum atomic E-state index is -0.673. The number of nitrogens with zero attached hydrogens (tertiary/aromatic N) is 7. The van der Waals surface area contributed by atoms with Gasteiger partial charge in [0.2, 0.25) is 5.95 Å². The molecule has 3 fully saturated rings. The Balaban J connectivity index is 1.17. The van der Waals surface area contributed by atoms with Crippen molar-refractivity contribution >= 4 is 28.6 Å². The molecule has 48 heavy (non-hydrogen) atoms. The number of aromatic nitrogens is 4. The number of hydrogen-bond donors (Lipinski definition) is 2. The van der Waals surface area contributed by atoms with Crippen LogP contribution in [0, 0.1) is 6.92 Å². The summed E-state index contributed by atoms with van der Waals surface area (Å²) >= 11 is 0. The fourth-order valence-electron chi connectivity index (χ4n) is 7.76. The Morgan fingerprint density at radius 3 is 2.44 bits per heavy atom. The zero-order valence-corrected chi connectivity index (χ0v) is 28.7. The molecule has 2 aliphatic heterocycles. The topological polar surface area (TPSA) is 112 Å². The van der Waals surface area contributed by atoms with Crippen molar-refractivity contribution in [2.24, 2.45) is 0 Å². The third-order valence-corrected chi connectivity index (χ3v) is 10.7. The maximum absolute atomic E-state index is 13.9. The molecule has 3 aliphatic rings. The molecule has 0 atom stereocenters. The van der Waals surface area contributed by atoms with E-state index in [0.29, 0.717) is 47.5 Å². The number of nitrogens with one attached hydrogen (secondary N) is 1. The summed E-state index contributed by atoms with van der Waals surface area (Å²) in [4.78, 5) is 35.4. The van der Waals surface area contributed by atoms with Gasteiger partial charge in [0.05, 0.1) is 35.0 Å². The predicted octanol–water partition coefficient (Wildman–Crippen LogP) is 5.14. The molecule has 1 saturated carbocycles. The Bertz CT molecular complexity index is 1760. The minimum Gasteiger partial charge on any atom is -0.496 e. The summed E-state index contributed by atoms with van der Waals surface area (Å²) in [5.41, 5.74) is 4.93. The SMILES string of the molecule is COc1ccncc1-c1cc(C(=O)Nc2nc3ccc(N4CCC(N5CCN(C)CC5)CC4)cc3n2C2CCC(C)(O)CC2)cc(C)n1. The number of ether oxygens (including phenoxy) is 1. The number of anilines is 2. The third-order valence-electron chi connectivity index (χ3n) is 10.7. The van der Waals surface area contributed by atoms with E-state index in [2.05, 4.69) is 59.8 Å². The monoisotopic (exact) mass is 652 g/mol. The number of imidazole rings is 1. The van der Waals surface area contributed by atoms with Crippen LogP contribution in [0.3, 0.4) is 0 Å². The fraction of sp³-hybridized carbons (Fsp3) is 0.514. The second kappa shape index (κ2) is 13.4. The lowest BCUT2D eigenvalue weighted by atomic mass is 9.83. The molecule has 1 amide bonds. The van der Waals surface area contributed by atoms with Crippen LogP contribution >= 0.6 is 0 Å². The van der Waals surface area contributed by atoms with Crippen LogP contribution in [0.15, 0.2) is 48.8 Å². The fourth-order valence-corrected chi connectivity index (χ4v) is 7.76. The molecule has 2 saturated heterocycles. The molecule has 11 heteroatoms. The number of aryl methyl sites for hydroxylation is 1. The Morgan fingerprint density at radius 1 is 0.958 bits per heavy atom. The average molecular weight is 653 g/mol. The van der Waals surface area contributed by atoms with E-state index < -0.39 is 5.60 Å².